The van der Waals surface area contributed by atoms with Crippen molar-refractivity contribution in [3.8, 4) is 33.9 Å². The maximum Gasteiger partial charge on any atom is 0.178 e. The van der Waals surface area contributed by atoms with Gasteiger partial charge in [0.2, 0.25) is 0 Å². The Kier molecular flexibility index (Phi) is 3.63. The predicted molar refractivity (Wildman–Crippen MR) is 119 cm³/mol. The zero-order valence-electron chi connectivity index (χ0n) is 16.3. The summed E-state index contributed by atoms with van der Waals surface area (Å²) >= 11 is 1.67. The van der Waals surface area contributed by atoms with Gasteiger partial charge in [0.25, 0.3) is 0 Å². The van der Waals surface area contributed by atoms with Crippen LogP contribution in [-0.2, 0) is 7.05 Å². The van der Waals surface area contributed by atoms with Crippen molar-refractivity contribution in [1.29, 1.82) is 0 Å². The minimum atomic E-state index is 0.684. The molecule has 6 rings (SSSR count). The first kappa shape index (κ1) is 17.1. The summed E-state index contributed by atoms with van der Waals surface area (Å²) in [7, 11) is 2.02. The van der Waals surface area contributed by atoms with Crippen LogP contribution in [-0.4, -0.2) is 34.7 Å². The van der Waals surface area contributed by atoms with Gasteiger partial charge >= 0.3 is 0 Å². The molecule has 0 aliphatic heterocycles. The molecule has 5 heterocycles. The lowest BCUT2D eigenvalue weighted by molar-refractivity contribution is 0.865. The molecule has 0 radical (unpaired) electrons. The molecule has 0 spiro atoms. The fraction of sp³-hybridized carbons (Fsp3) is 0.0909. The van der Waals surface area contributed by atoms with Crippen LogP contribution in [0.3, 0.4) is 0 Å². The molecule has 1 aromatic carbocycles. The number of aryl methyl sites for hydroxylation is 1. The zero-order chi connectivity index (χ0) is 20.2. The Morgan fingerprint density at radius 3 is 2.80 bits per heavy atom. The van der Waals surface area contributed by atoms with Gasteiger partial charge in [0, 0.05) is 29.8 Å². The fourth-order valence-electron chi connectivity index (χ4n) is 3.81. The van der Waals surface area contributed by atoms with Crippen molar-refractivity contribution in [3.05, 3.63) is 59.3 Å². The average Bonchev–Trinajstić information content (AvgIpc) is 3.54. The van der Waals surface area contributed by atoms with Gasteiger partial charge in [-0.25, -0.2) is 15.0 Å². The molecule has 0 amide bonds. The van der Waals surface area contributed by atoms with Crippen LogP contribution >= 0.6 is 11.3 Å². The largest absolute Gasteiger partial charge is 0.335 e. The molecule has 0 aliphatic rings. The van der Waals surface area contributed by atoms with Crippen molar-refractivity contribution in [3.63, 3.8) is 0 Å². The second-order valence-electron chi connectivity index (χ2n) is 7.24. The molecule has 6 aromatic rings. The Morgan fingerprint density at radius 2 is 2.00 bits per heavy atom. The van der Waals surface area contributed by atoms with Gasteiger partial charge in [0.15, 0.2) is 11.5 Å². The van der Waals surface area contributed by atoms with Crippen LogP contribution in [0.1, 0.15) is 5.82 Å². The summed E-state index contributed by atoms with van der Waals surface area (Å²) < 4.78 is 2.08. The van der Waals surface area contributed by atoms with Gasteiger partial charge in [-0.2, -0.15) is 16.4 Å². The van der Waals surface area contributed by atoms with E-state index in [-0.39, 0.29) is 0 Å². The van der Waals surface area contributed by atoms with E-state index in [1.165, 1.54) is 0 Å². The topological polar surface area (TPSA) is 88.1 Å². The third-order valence-corrected chi connectivity index (χ3v) is 6.21. The van der Waals surface area contributed by atoms with E-state index in [1.807, 2.05) is 32.3 Å². The highest BCUT2D eigenvalue weighted by atomic mass is 32.1. The summed E-state index contributed by atoms with van der Waals surface area (Å²) in [6.07, 6.45) is 3.69. The monoisotopic (exact) mass is 411 g/mol. The van der Waals surface area contributed by atoms with Crippen LogP contribution in [0.15, 0.2) is 53.5 Å². The van der Waals surface area contributed by atoms with Gasteiger partial charge in [-0.3, -0.25) is 5.10 Å². The quantitative estimate of drug-likeness (QED) is 0.432. The number of fused-ring (bicyclic) bond motifs is 2. The Morgan fingerprint density at radius 1 is 1.07 bits per heavy atom. The number of benzene rings is 1. The Balaban J connectivity index is 1.53. The fourth-order valence-corrected chi connectivity index (χ4v) is 4.46. The standard InChI is InChI=1S/C22H17N7S/c1-12-24-10-18(29(12)2)13-3-4-17-16(9-13)20(28-27-17)22-25-19-15(14-6-8-30-11-14)5-7-23-21(19)26-22/h3-11H,1-2H3,(H,27,28)(H,23,25,26). The SMILES string of the molecule is Cc1ncc(-c2ccc3[nH]nc(-c4nc5nccc(-c6ccsc6)c5[nH]4)c3c2)n1C. The molecule has 7 nitrogen and oxygen atoms in total. The molecule has 146 valence electrons. The number of nitrogens with zero attached hydrogens (tertiary/aromatic N) is 5. The summed E-state index contributed by atoms with van der Waals surface area (Å²) in [6.45, 7) is 2.00. The number of aromatic nitrogens is 7. The molecule has 0 saturated carbocycles. The highest BCUT2D eigenvalue weighted by Gasteiger charge is 2.17. The van der Waals surface area contributed by atoms with Gasteiger partial charge in [-0.1, -0.05) is 6.07 Å². The lowest BCUT2D eigenvalue weighted by Gasteiger charge is -2.04. The molecule has 30 heavy (non-hydrogen) atoms. The van der Waals surface area contributed by atoms with Crippen molar-refractivity contribution in [2.45, 2.75) is 6.92 Å². The number of rotatable bonds is 3. The molecule has 0 aliphatic carbocycles. The number of hydrogen-bond acceptors (Lipinski definition) is 5. The highest BCUT2D eigenvalue weighted by molar-refractivity contribution is 7.08. The number of hydrogen-bond donors (Lipinski definition) is 2. The maximum absolute atomic E-state index is 4.74. The van der Waals surface area contributed by atoms with E-state index in [0.717, 1.165) is 50.3 Å². The molecule has 8 heteroatoms. The smallest absolute Gasteiger partial charge is 0.178 e. The van der Waals surface area contributed by atoms with Crippen LogP contribution in [0.25, 0.3) is 56.0 Å². The second kappa shape index (κ2) is 6.36. The Bertz CT molecular complexity index is 1520. The lowest BCUT2D eigenvalue weighted by Crippen LogP contribution is -1.94. The van der Waals surface area contributed by atoms with Gasteiger partial charge in [0.1, 0.15) is 11.5 Å². The number of aromatic amines is 2. The van der Waals surface area contributed by atoms with E-state index < -0.39 is 0 Å². The minimum absolute atomic E-state index is 0.684. The molecular weight excluding hydrogens is 394 g/mol. The van der Waals surface area contributed by atoms with Crippen LogP contribution in [0.5, 0.6) is 0 Å². The van der Waals surface area contributed by atoms with Gasteiger partial charge < -0.3 is 9.55 Å². The molecule has 0 fully saturated rings. The summed E-state index contributed by atoms with van der Waals surface area (Å²) in [6, 6.07) is 10.4. The van der Waals surface area contributed by atoms with Crippen molar-refractivity contribution in [2.75, 3.05) is 0 Å². The van der Waals surface area contributed by atoms with Crippen LogP contribution in [0, 0.1) is 6.92 Å². The molecular formula is C22H17N7S. The number of thiophene rings is 1. The predicted octanol–water partition coefficient (Wildman–Crippen LogP) is 4.94. The number of nitrogens with one attached hydrogen (secondary N) is 2. The van der Waals surface area contributed by atoms with Crippen molar-refractivity contribution in [1.82, 2.24) is 34.7 Å². The Hall–Kier alpha value is -3.78. The lowest BCUT2D eigenvalue weighted by atomic mass is 10.1. The van der Waals surface area contributed by atoms with E-state index in [2.05, 4.69) is 58.7 Å². The van der Waals surface area contributed by atoms with E-state index in [9.17, 15) is 0 Å². The van der Waals surface area contributed by atoms with Crippen LogP contribution < -0.4 is 0 Å². The Labute approximate surface area is 175 Å². The second-order valence-corrected chi connectivity index (χ2v) is 8.02. The minimum Gasteiger partial charge on any atom is -0.335 e. The average molecular weight is 411 g/mol. The van der Waals surface area contributed by atoms with Crippen LogP contribution in [0.2, 0.25) is 0 Å². The van der Waals surface area contributed by atoms with E-state index in [0.29, 0.717) is 11.5 Å². The number of imidazole rings is 2. The molecule has 0 saturated heterocycles. The summed E-state index contributed by atoms with van der Waals surface area (Å²) in [5, 5.41) is 12.9. The number of pyridine rings is 1. The van der Waals surface area contributed by atoms with Crippen LogP contribution in [0.4, 0.5) is 0 Å². The van der Waals surface area contributed by atoms with Crippen molar-refractivity contribution in [2.24, 2.45) is 7.05 Å². The maximum atomic E-state index is 4.74. The zero-order valence-corrected chi connectivity index (χ0v) is 17.2. The molecule has 0 atom stereocenters. The normalized spacial score (nSPS) is 11.7. The van der Waals surface area contributed by atoms with Gasteiger partial charge in [-0.05, 0) is 47.5 Å². The summed E-state index contributed by atoms with van der Waals surface area (Å²) in [5.41, 5.74) is 7.73. The van der Waals surface area contributed by atoms with E-state index in [4.69, 9.17) is 4.98 Å². The van der Waals surface area contributed by atoms with Gasteiger partial charge in [-0.15, -0.1) is 0 Å². The van der Waals surface area contributed by atoms with E-state index in [1.54, 1.807) is 17.5 Å². The molecule has 0 unspecified atom stereocenters. The first-order chi connectivity index (χ1) is 14.7. The first-order valence-electron chi connectivity index (χ1n) is 9.53. The highest BCUT2D eigenvalue weighted by Crippen LogP contribution is 2.33. The third kappa shape index (κ3) is 2.50. The molecule has 2 N–H and O–H groups in total. The molecule has 5 aromatic heterocycles. The first-order valence-corrected chi connectivity index (χ1v) is 10.5. The summed E-state index contributed by atoms with van der Waals surface area (Å²) in [4.78, 5) is 17.1. The van der Waals surface area contributed by atoms with Gasteiger partial charge in [0.05, 0.1) is 22.9 Å². The summed E-state index contributed by atoms with van der Waals surface area (Å²) in [5.74, 6) is 1.67. The van der Waals surface area contributed by atoms with E-state index >= 15 is 0 Å². The number of H-pyrrole nitrogens is 2. The third-order valence-electron chi connectivity index (χ3n) is 5.53. The van der Waals surface area contributed by atoms with Crippen molar-refractivity contribution >= 4 is 33.4 Å². The van der Waals surface area contributed by atoms with Crippen molar-refractivity contribution < 1.29 is 0 Å². The molecule has 0 bridgehead atoms.